The summed E-state index contributed by atoms with van der Waals surface area (Å²) < 4.78 is 40.4. The molecule has 0 bridgehead atoms. The first-order valence-electron chi connectivity index (χ1n) is 8.88. The molecule has 0 radical (unpaired) electrons. The smallest absolute Gasteiger partial charge is 0.251 e. The first-order chi connectivity index (χ1) is 13.1. The van der Waals surface area contributed by atoms with Crippen molar-refractivity contribution in [2.24, 2.45) is 0 Å². The van der Waals surface area contributed by atoms with Gasteiger partial charge in [0.05, 0.1) is 10.9 Å². The van der Waals surface area contributed by atoms with Gasteiger partial charge in [0.15, 0.2) is 0 Å². The Balaban J connectivity index is 1.95. The van der Waals surface area contributed by atoms with Crippen LogP contribution in [0, 0.1) is 19.7 Å². The lowest BCUT2D eigenvalue weighted by Crippen LogP contribution is -2.31. The number of rotatable bonds is 4. The number of nitrogens with zero attached hydrogens (tertiary/aromatic N) is 1. The normalized spacial score (nSPS) is 16.7. The fourth-order valence-corrected chi connectivity index (χ4v) is 5.56. The topological polar surface area (TPSA) is 66.5 Å². The molecule has 8 heteroatoms. The van der Waals surface area contributed by atoms with Crippen molar-refractivity contribution in [2.45, 2.75) is 36.1 Å². The Morgan fingerprint density at radius 3 is 2.64 bits per heavy atom. The number of hydrogen-bond acceptors (Lipinski definition) is 4. The molecule has 3 rings (SSSR count). The molecule has 5 nitrogen and oxygen atoms in total. The lowest BCUT2D eigenvalue weighted by molar-refractivity contribution is 0.0934. The molecule has 1 atom stereocenters. The molecule has 0 saturated heterocycles. The van der Waals surface area contributed by atoms with E-state index in [-0.39, 0.29) is 28.2 Å². The quantitative estimate of drug-likeness (QED) is 0.817. The molecule has 28 heavy (non-hydrogen) atoms. The predicted molar refractivity (Wildman–Crippen MR) is 109 cm³/mol. The first kappa shape index (κ1) is 20.8. The van der Waals surface area contributed by atoms with Gasteiger partial charge < -0.3 is 5.32 Å². The number of fused-ring (bicyclic) bond motifs is 1. The van der Waals surface area contributed by atoms with Crippen LogP contribution in [0.2, 0.25) is 0 Å². The molecule has 0 aliphatic carbocycles. The minimum atomic E-state index is -3.67. The summed E-state index contributed by atoms with van der Waals surface area (Å²) in [4.78, 5) is 13.6. The molecule has 1 amide bonds. The van der Waals surface area contributed by atoms with Crippen molar-refractivity contribution in [1.29, 1.82) is 0 Å². The number of hydrogen-bond donors (Lipinski definition) is 1. The van der Waals surface area contributed by atoms with E-state index in [2.05, 4.69) is 5.32 Å². The monoisotopic (exact) mass is 422 g/mol. The first-order valence-corrected chi connectivity index (χ1v) is 11.3. The molecular formula is C20H23FN2O3S2. The van der Waals surface area contributed by atoms with E-state index >= 15 is 0 Å². The van der Waals surface area contributed by atoms with E-state index in [9.17, 15) is 17.6 Å². The number of thioether (sulfide) groups is 1. The van der Waals surface area contributed by atoms with E-state index in [1.807, 2.05) is 6.07 Å². The Labute approximate surface area is 169 Å². The standard InChI is InChI=1S/C20H23FN2O3S2/c1-12-10-14(11-18(13(12)2)28(25,26)23(3)4)20(24)22-17-8-9-27-19-15(17)6-5-7-16(19)21/h5-7,10-11,17H,8-9H2,1-4H3,(H,22,24)/t17-/m0/s1. The predicted octanol–water partition coefficient (Wildman–Crippen LogP) is 3.66. The number of amides is 1. The van der Waals surface area contributed by atoms with Gasteiger partial charge >= 0.3 is 0 Å². The molecule has 1 aliphatic heterocycles. The zero-order valence-electron chi connectivity index (χ0n) is 16.2. The van der Waals surface area contributed by atoms with Gasteiger partial charge in [-0.2, -0.15) is 0 Å². The zero-order valence-corrected chi connectivity index (χ0v) is 17.9. The lowest BCUT2D eigenvalue weighted by atomic mass is 10.0. The largest absolute Gasteiger partial charge is 0.345 e. The van der Waals surface area contributed by atoms with Gasteiger partial charge in [-0.15, -0.1) is 11.8 Å². The van der Waals surface area contributed by atoms with Crippen LogP contribution in [0.4, 0.5) is 4.39 Å². The van der Waals surface area contributed by atoms with E-state index in [0.29, 0.717) is 22.6 Å². The number of benzene rings is 2. The van der Waals surface area contributed by atoms with Crippen LogP contribution in [0.15, 0.2) is 40.1 Å². The Hall–Kier alpha value is -1.90. The van der Waals surface area contributed by atoms with Crippen molar-refractivity contribution in [3.63, 3.8) is 0 Å². The van der Waals surface area contributed by atoms with Crippen LogP contribution in [0.5, 0.6) is 0 Å². The second kappa shape index (κ2) is 7.85. The van der Waals surface area contributed by atoms with Crippen LogP contribution in [-0.4, -0.2) is 38.5 Å². The highest BCUT2D eigenvalue weighted by Crippen LogP contribution is 2.38. The van der Waals surface area contributed by atoms with Gasteiger partial charge in [0.2, 0.25) is 10.0 Å². The van der Waals surface area contributed by atoms with Crippen LogP contribution in [0.3, 0.4) is 0 Å². The summed E-state index contributed by atoms with van der Waals surface area (Å²) >= 11 is 1.44. The Morgan fingerprint density at radius 1 is 1.25 bits per heavy atom. The highest BCUT2D eigenvalue weighted by molar-refractivity contribution is 7.99. The third-order valence-electron chi connectivity index (χ3n) is 4.97. The number of halogens is 1. The van der Waals surface area contributed by atoms with E-state index in [1.165, 1.54) is 38.0 Å². The van der Waals surface area contributed by atoms with Crippen molar-refractivity contribution in [3.05, 3.63) is 58.4 Å². The molecule has 0 aromatic heterocycles. The maximum absolute atomic E-state index is 14.1. The average molecular weight is 423 g/mol. The van der Waals surface area contributed by atoms with Gasteiger partial charge in [-0.3, -0.25) is 4.79 Å². The number of sulfonamides is 1. The molecular weight excluding hydrogens is 399 g/mol. The van der Waals surface area contributed by atoms with Crippen LogP contribution in [-0.2, 0) is 10.0 Å². The van der Waals surface area contributed by atoms with Crippen molar-refractivity contribution in [1.82, 2.24) is 9.62 Å². The van der Waals surface area contributed by atoms with Crippen LogP contribution < -0.4 is 5.32 Å². The fourth-order valence-electron chi connectivity index (χ4n) is 3.20. The summed E-state index contributed by atoms with van der Waals surface area (Å²) in [5, 5.41) is 2.95. The number of carbonyl (C=O) groups excluding carboxylic acids is 1. The van der Waals surface area contributed by atoms with Gasteiger partial charge in [-0.1, -0.05) is 12.1 Å². The molecule has 2 aromatic carbocycles. The average Bonchev–Trinajstić information content (AvgIpc) is 2.64. The van der Waals surface area contributed by atoms with E-state index in [0.717, 1.165) is 15.4 Å². The van der Waals surface area contributed by atoms with Gasteiger partial charge in [0.25, 0.3) is 5.91 Å². The van der Waals surface area contributed by atoms with E-state index in [4.69, 9.17) is 0 Å². The van der Waals surface area contributed by atoms with Gasteiger partial charge in [0.1, 0.15) is 5.82 Å². The maximum Gasteiger partial charge on any atom is 0.251 e. The molecule has 1 heterocycles. The molecule has 0 fully saturated rings. The molecule has 0 saturated carbocycles. The second-order valence-corrected chi connectivity index (χ2v) is 10.3. The minimum absolute atomic E-state index is 0.119. The zero-order chi connectivity index (χ0) is 20.6. The highest BCUT2D eigenvalue weighted by Gasteiger charge is 2.27. The van der Waals surface area contributed by atoms with Crippen molar-refractivity contribution < 1.29 is 17.6 Å². The molecule has 0 unspecified atom stereocenters. The summed E-state index contributed by atoms with van der Waals surface area (Å²) in [7, 11) is -0.752. The Kier molecular flexibility index (Phi) is 5.84. The molecule has 0 spiro atoms. The van der Waals surface area contributed by atoms with Crippen LogP contribution in [0.25, 0.3) is 0 Å². The Bertz CT molecular complexity index is 1040. The van der Waals surface area contributed by atoms with E-state index < -0.39 is 10.0 Å². The van der Waals surface area contributed by atoms with Crippen molar-refractivity contribution in [2.75, 3.05) is 19.8 Å². The molecule has 1 N–H and O–H groups in total. The number of nitrogens with one attached hydrogen (secondary N) is 1. The van der Waals surface area contributed by atoms with E-state index in [1.54, 1.807) is 26.0 Å². The summed E-state index contributed by atoms with van der Waals surface area (Å²) in [6.45, 7) is 3.51. The highest BCUT2D eigenvalue weighted by atomic mass is 32.2. The third-order valence-corrected chi connectivity index (χ3v) is 8.07. The maximum atomic E-state index is 14.1. The van der Waals surface area contributed by atoms with Crippen LogP contribution >= 0.6 is 11.8 Å². The van der Waals surface area contributed by atoms with Gasteiger partial charge in [-0.05, 0) is 55.2 Å². The summed E-state index contributed by atoms with van der Waals surface area (Å²) in [6.07, 6.45) is 0.681. The molecule has 1 aliphatic rings. The Morgan fingerprint density at radius 2 is 1.96 bits per heavy atom. The fraction of sp³-hybridized carbons (Fsp3) is 0.350. The number of carbonyl (C=O) groups is 1. The summed E-state index contributed by atoms with van der Waals surface area (Å²) in [6, 6.07) is 7.66. The van der Waals surface area contributed by atoms with Gasteiger partial charge in [0, 0.05) is 30.3 Å². The number of aryl methyl sites for hydroxylation is 1. The minimum Gasteiger partial charge on any atom is -0.345 e. The summed E-state index contributed by atoms with van der Waals surface area (Å²) in [5.41, 5.74) is 2.37. The van der Waals surface area contributed by atoms with Crippen molar-refractivity contribution >= 4 is 27.7 Å². The molecule has 2 aromatic rings. The SMILES string of the molecule is Cc1cc(C(=O)N[C@H]2CCSc3c(F)cccc32)cc(S(=O)(=O)N(C)C)c1C. The lowest BCUT2D eigenvalue weighted by Gasteiger charge is -2.26. The summed E-state index contributed by atoms with van der Waals surface area (Å²) in [5.74, 6) is 0.0453. The van der Waals surface area contributed by atoms with Crippen molar-refractivity contribution in [3.8, 4) is 0 Å². The molecule has 150 valence electrons. The van der Waals surface area contributed by atoms with Gasteiger partial charge in [-0.25, -0.2) is 17.1 Å². The third kappa shape index (κ3) is 3.81. The van der Waals surface area contributed by atoms with Crippen LogP contribution in [0.1, 0.15) is 39.5 Å². The second-order valence-electron chi connectivity index (χ2n) is 7.03.